The Morgan fingerprint density at radius 2 is 2.33 bits per heavy atom. The predicted molar refractivity (Wildman–Crippen MR) is 57.8 cm³/mol. The van der Waals surface area contributed by atoms with Crippen LogP contribution in [0.3, 0.4) is 0 Å². The summed E-state index contributed by atoms with van der Waals surface area (Å²) in [6.07, 6.45) is 0. The van der Waals surface area contributed by atoms with Gasteiger partial charge in [-0.15, -0.1) is 11.8 Å². The maximum atomic E-state index is 11.8. The van der Waals surface area contributed by atoms with E-state index >= 15 is 0 Å². The van der Waals surface area contributed by atoms with E-state index in [-0.39, 0.29) is 11.5 Å². The molecule has 1 amide bonds. The molecule has 1 aliphatic heterocycles. The Bertz CT molecular complexity index is 437. The zero-order valence-corrected chi connectivity index (χ0v) is 9.16. The zero-order valence-electron chi connectivity index (χ0n) is 8.34. The summed E-state index contributed by atoms with van der Waals surface area (Å²) >= 11 is 1.72. The summed E-state index contributed by atoms with van der Waals surface area (Å²) in [5.41, 5.74) is 0.127. The third-order valence-corrected chi connectivity index (χ3v) is 3.18. The third-order valence-electron chi connectivity index (χ3n) is 2.22. The highest BCUT2D eigenvalue weighted by Gasteiger charge is 2.21. The second-order valence-electron chi connectivity index (χ2n) is 3.29. The number of rotatable bonds is 1. The van der Waals surface area contributed by atoms with Gasteiger partial charge in [0, 0.05) is 25.4 Å². The molecule has 1 aliphatic rings. The Morgan fingerprint density at radius 1 is 1.53 bits per heavy atom. The average Bonchev–Trinajstić information content (AvgIpc) is 2.74. The van der Waals surface area contributed by atoms with Gasteiger partial charge in [0.1, 0.15) is 5.69 Å². The van der Waals surface area contributed by atoms with Crippen molar-refractivity contribution in [3.05, 3.63) is 28.2 Å². The fourth-order valence-corrected chi connectivity index (χ4v) is 2.30. The Hall–Kier alpha value is -1.30. The molecule has 2 heterocycles. The molecule has 0 bridgehead atoms. The molecule has 0 radical (unpaired) electrons. The largest absolute Gasteiger partial charge is 0.327 e. The first kappa shape index (κ1) is 10.2. The minimum Gasteiger partial charge on any atom is -0.327 e. The highest BCUT2D eigenvalue weighted by Crippen LogP contribution is 2.15. The first-order valence-corrected chi connectivity index (χ1v) is 5.75. The van der Waals surface area contributed by atoms with Gasteiger partial charge < -0.3 is 4.90 Å². The molecule has 0 atom stereocenters. The maximum absolute atomic E-state index is 11.8. The molecule has 0 aromatic carbocycles. The summed E-state index contributed by atoms with van der Waals surface area (Å²) < 4.78 is 1.18. The molecule has 0 N–H and O–H groups in total. The zero-order chi connectivity index (χ0) is 10.8. The van der Waals surface area contributed by atoms with E-state index in [1.165, 1.54) is 23.9 Å². The first-order valence-electron chi connectivity index (χ1n) is 4.60. The van der Waals surface area contributed by atoms with Crippen LogP contribution in [0.15, 0.2) is 16.9 Å². The Kier molecular flexibility index (Phi) is 2.77. The second-order valence-corrected chi connectivity index (χ2v) is 4.36. The number of hydrogen-bond acceptors (Lipinski definition) is 4. The maximum Gasteiger partial charge on any atom is 0.275 e. The lowest BCUT2D eigenvalue weighted by Crippen LogP contribution is -2.31. The highest BCUT2D eigenvalue weighted by molar-refractivity contribution is 7.99. The van der Waals surface area contributed by atoms with Gasteiger partial charge in [-0.05, 0) is 6.07 Å². The van der Waals surface area contributed by atoms with Crippen molar-refractivity contribution in [3.8, 4) is 0 Å². The van der Waals surface area contributed by atoms with Crippen molar-refractivity contribution in [1.29, 1.82) is 0 Å². The van der Waals surface area contributed by atoms with E-state index in [4.69, 9.17) is 0 Å². The van der Waals surface area contributed by atoms with Crippen molar-refractivity contribution >= 4 is 17.7 Å². The van der Waals surface area contributed by atoms with Crippen LogP contribution >= 0.6 is 11.8 Å². The molecule has 0 saturated carbocycles. The summed E-state index contributed by atoms with van der Waals surface area (Å²) in [6, 6.07) is 2.84. The van der Waals surface area contributed by atoms with Gasteiger partial charge in [0.25, 0.3) is 11.5 Å². The molecule has 1 aromatic rings. The number of thioether (sulfide) groups is 1. The number of amides is 1. The molecule has 5 nitrogen and oxygen atoms in total. The van der Waals surface area contributed by atoms with Crippen molar-refractivity contribution in [2.24, 2.45) is 7.05 Å². The lowest BCUT2D eigenvalue weighted by molar-refractivity contribution is 0.0794. The van der Waals surface area contributed by atoms with Gasteiger partial charge in [-0.2, -0.15) is 5.10 Å². The lowest BCUT2D eigenvalue weighted by atomic mass is 10.3. The predicted octanol–water partition coefficient (Wildman–Crippen LogP) is -0.0732. The van der Waals surface area contributed by atoms with E-state index in [0.29, 0.717) is 11.6 Å². The molecule has 0 unspecified atom stereocenters. The fraction of sp³-hybridized carbons (Fsp3) is 0.444. The topological polar surface area (TPSA) is 55.2 Å². The second kappa shape index (κ2) is 4.06. The number of carbonyl (C=O) groups excluding carboxylic acids is 1. The number of nitrogens with zero attached hydrogens (tertiary/aromatic N) is 3. The Labute approximate surface area is 91.1 Å². The molecular weight excluding hydrogens is 214 g/mol. The molecule has 6 heteroatoms. The van der Waals surface area contributed by atoms with Crippen LogP contribution in [0.1, 0.15) is 10.5 Å². The van der Waals surface area contributed by atoms with Gasteiger partial charge in [0.05, 0.1) is 5.88 Å². The molecule has 1 saturated heterocycles. The first-order chi connectivity index (χ1) is 7.18. The molecule has 80 valence electrons. The van der Waals surface area contributed by atoms with Crippen molar-refractivity contribution < 1.29 is 4.79 Å². The number of aryl methyl sites for hydroxylation is 1. The SMILES string of the molecule is Cn1nc(C(=O)N2CCSC2)ccc1=O. The molecule has 1 aromatic heterocycles. The summed E-state index contributed by atoms with van der Waals surface area (Å²) in [5.74, 6) is 1.58. The molecule has 1 fully saturated rings. The van der Waals surface area contributed by atoms with Crippen molar-refractivity contribution in [1.82, 2.24) is 14.7 Å². The Balaban J connectivity index is 2.25. The van der Waals surface area contributed by atoms with E-state index in [1.807, 2.05) is 0 Å². The van der Waals surface area contributed by atoms with Crippen molar-refractivity contribution in [2.45, 2.75) is 0 Å². The smallest absolute Gasteiger partial charge is 0.275 e. The number of carbonyl (C=O) groups is 1. The molecule has 0 spiro atoms. The summed E-state index contributed by atoms with van der Waals surface area (Å²) in [4.78, 5) is 24.7. The summed E-state index contributed by atoms with van der Waals surface area (Å²) in [5, 5.41) is 3.92. The van der Waals surface area contributed by atoms with Gasteiger partial charge in [0.2, 0.25) is 0 Å². The van der Waals surface area contributed by atoms with E-state index in [9.17, 15) is 9.59 Å². The number of aromatic nitrogens is 2. The van der Waals surface area contributed by atoms with Crippen LogP contribution in [0, 0.1) is 0 Å². The van der Waals surface area contributed by atoms with Gasteiger partial charge in [-0.1, -0.05) is 0 Å². The van der Waals surface area contributed by atoms with Crippen molar-refractivity contribution in [2.75, 3.05) is 18.2 Å². The van der Waals surface area contributed by atoms with Crippen LogP contribution in [0.5, 0.6) is 0 Å². The van der Waals surface area contributed by atoms with Crippen LogP contribution in [-0.4, -0.2) is 38.8 Å². The van der Waals surface area contributed by atoms with E-state index in [1.54, 1.807) is 16.7 Å². The fourth-order valence-electron chi connectivity index (χ4n) is 1.35. The molecular formula is C9H11N3O2S. The summed E-state index contributed by atoms with van der Waals surface area (Å²) in [6.45, 7) is 0.758. The standard InChI is InChI=1S/C9H11N3O2S/c1-11-8(13)3-2-7(10-11)9(14)12-4-5-15-6-12/h2-3H,4-6H2,1H3. The minimum absolute atomic E-state index is 0.101. The van der Waals surface area contributed by atoms with Crippen LogP contribution < -0.4 is 5.56 Å². The third kappa shape index (κ3) is 2.04. The van der Waals surface area contributed by atoms with E-state index in [0.717, 1.165) is 12.3 Å². The van der Waals surface area contributed by atoms with Gasteiger partial charge in [0.15, 0.2) is 0 Å². The van der Waals surface area contributed by atoms with E-state index in [2.05, 4.69) is 5.10 Å². The monoisotopic (exact) mass is 225 g/mol. The number of hydrogen-bond donors (Lipinski definition) is 0. The Morgan fingerprint density at radius 3 is 2.93 bits per heavy atom. The van der Waals surface area contributed by atoms with E-state index < -0.39 is 0 Å². The lowest BCUT2D eigenvalue weighted by Gasteiger charge is -2.13. The van der Waals surface area contributed by atoms with Crippen LogP contribution in [0.2, 0.25) is 0 Å². The normalized spacial score (nSPS) is 15.7. The quantitative estimate of drug-likeness (QED) is 0.671. The highest BCUT2D eigenvalue weighted by atomic mass is 32.2. The van der Waals surface area contributed by atoms with Gasteiger partial charge in [-0.25, -0.2) is 4.68 Å². The van der Waals surface area contributed by atoms with Gasteiger partial charge >= 0.3 is 0 Å². The molecule has 15 heavy (non-hydrogen) atoms. The molecule has 2 rings (SSSR count). The van der Waals surface area contributed by atoms with Crippen LogP contribution in [-0.2, 0) is 7.05 Å². The van der Waals surface area contributed by atoms with Gasteiger partial charge in [-0.3, -0.25) is 9.59 Å². The average molecular weight is 225 g/mol. The van der Waals surface area contributed by atoms with Crippen LogP contribution in [0.25, 0.3) is 0 Å². The molecule has 0 aliphatic carbocycles. The minimum atomic E-state index is -0.206. The van der Waals surface area contributed by atoms with Crippen molar-refractivity contribution in [3.63, 3.8) is 0 Å². The van der Waals surface area contributed by atoms with Crippen LogP contribution in [0.4, 0.5) is 0 Å². The summed E-state index contributed by atoms with van der Waals surface area (Å²) in [7, 11) is 1.54.